The standard InChI is InChI=1S/C20H26N2O4S/c1-14-4-5-15(2)19(12-14)27(25,26)22-11-10-20(24)21-13-17-6-8-18(9-7-17)16(3)23/h4-9,12,16,22-23H,10-11,13H2,1-3H3,(H,21,24)/t16-/m1/s1. The minimum atomic E-state index is -3.64. The Labute approximate surface area is 160 Å². The Kier molecular flexibility index (Phi) is 7.12. The highest BCUT2D eigenvalue weighted by Gasteiger charge is 2.17. The van der Waals surface area contributed by atoms with Gasteiger partial charge in [-0.2, -0.15) is 0 Å². The lowest BCUT2D eigenvalue weighted by Crippen LogP contribution is -2.31. The van der Waals surface area contributed by atoms with Crippen molar-refractivity contribution in [2.75, 3.05) is 6.54 Å². The Morgan fingerprint density at radius 2 is 1.78 bits per heavy atom. The minimum absolute atomic E-state index is 0.0303. The Bertz CT molecular complexity index is 891. The third-order valence-corrected chi connectivity index (χ3v) is 5.83. The smallest absolute Gasteiger partial charge is 0.240 e. The molecule has 0 aliphatic carbocycles. The van der Waals surface area contributed by atoms with Crippen LogP contribution in [0.1, 0.15) is 41.7 Å². The van der Waals surface area contributed by atoms with Gasteiger partial charge in [-0.15, -0.1) is 0 Å². The number of hydrogen-bond donors (Lipinski definition) is 3. The fraction of sp³-hybridized carbons (Fsp3) is 0.350. The summed E-state index contributed by atoms with van der Waals surface area (Å²) in [5.74, 6) is -0.238. The number of carbonyl (C=O) groups excluding carboxylic acids is 1. The van der Waals surface area contributed by atoms with Crippen LogP contribution in [0.3, 0.4) is 0 Å². The number of nitrogens with one attached hydrogen (secondary N) is 2. The van der Waals surface area contributed by atoms with E-state index in [2.05, 4.69) is 10.0 Å². The van der Waals surface area contributed by atoms with E-state index in [1.54, 1.807) is 26.0 Å². The highest BCUT2D eigenvalue weighted by Crippen LogP contribution is 2.16. The van der Waals surface area contributed by atoms with Gasteiger partial charge < -0.3 is 10.4 Å². The molecule has 146 valence electrons. The van der Waals surface area contributed by atoms with Gasteiger partial charge in [0.05, 0.1) is 11.0 Å². The molecule has 2 aromatic rings. The van der Waals surface area contributed by atoms with Gasteiger partial charge in [0.15, 0.2) is 0 Å². The molecule has 0 spiro atoms. The molecule has 2 aromatic carbocycles. The van der Waals surface area contributed by atoms with Gasteiger partial charge in [0.2, 0.25) is 15.9 Å². The van der Waals surface area contributed by atoms with Crippen molar-refractivity contribution >= 4 is 15.9 Å². The summed E-state index contributed by atoms with van der Waals surface area (Å²) in [7, 11) is -3.64. The molecule has 0 saturated carbocycles. The zero-order valence-electron chi connectivity index (χ0n) is 15.8. The maximum atomic E-state index is 12.4. The van der Waals surface area contributed by atoms with Crippen LogP contribution in [0.25, 0.3) is 0 Å². The zero-order valence-corrected chi connectivity index (χ0v) is 16.6. The molecular formula is C20H26N2O4S. The van der Waals surface area contributed by atoms with Crippen LogP contribution in [-0.4, -0.2) is 26.0 Å². The fourth-order valence-electron chi connectivity index (χ4n) is 2.58. The molecule has 0 fully saturated rings. The quantitative estimate of drug-likeness (QED) is 0.645. The number of aliphatic hydroxyl groups is 1. The summed E-state index contributed by atoms with van der Waals surface area (Å²) in [6.07, 6.45) is -0.478. The Morgan fingerprint density at radius 3 is 2.41 bits per heavy atom. The van der Waals surface area contributed by atoms with Crippen LogP contribution in [0.2, 0.25) is 0 Å². The van der Waals surface area contributed by atoms with E-state index in [1.165, 1.54) is 0 Å². The predicted octanol–water partition coefficient (Wildman–Crippen LogP) is 2.34. The van der Waals surface area contributed by atoms with Gasteiger partial charge in [0.1, 0.15) is 0 Å². The Morgan fingerprint density at radius 1 is 1.11 bits per heavy atom. The summed E-state index contributed by atoms with van der Waals surface area (Å²) in [6.45, 7) is 5.64. The lowest BCUT2D eigenvalue weighted by molar-refractivity contribution is -0.121. The average Bonchev–Trinajstić information content (AvgIpc) is 2.62. The number of hydrogen-bond acceptors (Lipinski definition) is 4. The lowest BCUT2D eigenvalue weighted by Gasteiger charge is -2.11. The third-order valence-electron chi connectivity index (χ3n) is 4.23. The van der Waals surface area contributed by atoms with E-state index in [0.29, 0.717) is 12.1 Å². The molecule has 0 bridgehead atoms. The van der Waals surface area contributed by atoms with Crippen molar-refractivity contribution < 1.29 is 18.3 Å². The maximum absolute atomic E-state index is 12.4. The van der Waals surface area contributed by atoms with Gasteiger partial charge in [0.25, 0.3) is 0 Å². The predicted molar refractivity (Wildman–Crippen MR) is 105 cm³/mol. The van der Waals surface area contributed by atoms with Crippen molar-refractivity contribution in [2.45, 2.75) is 44.7 Å². The van der Waals surface area contributed by atoms with Gasteiger partial charge in [0, 0.05) is 19.5 Å². The molecular weight excluding hydrogens is 364 g/mol. The molecule has 0 aromatic heterocycles. The monoisotopic (exact) mass is 390 g/mol. The molecule has 0 aliphatic rings. The summed E-state index contributed by atoms with van der Waals surface area (Å²) >= 11 is 0. The molecule has 7 heteroatoms. The van der Waals surface area contributed by atoms with Gasteiger partial charge in [-0.1, -0.05) is 36.4 Å². The summed E-state index contributed by atoms with van der Waals surface area (Å²) in [6, 6.07) is 12.5. The SMILES string of the molecule is Cc1ccc(C)c(S(=O)(=O)NCCC(=O)NCc2ccc([C@@H](C)O)cc2)c1. The molecule has 0 radical (unpaired) electrons. The molecule has 27 heavy (non-hydrogen) atoms. The van der Waals surface area contributed by atoms with Crippen LogP contribution < -0.4 is 10.0 Å². The first-order chi connectivity index (χ1) is 12.7. The van der Waals surface area contributed by atoms with E-state index in [4.69, 9.17) is 0 Å². The van der Waals surface area contributed by atoms with Gasteiger partial charge in [-0.3, -0.25) is 4.79 Å². The van der Waals surface area contributed by atoms with Crippen LogP contribution in [0, 0.1) is 13.8 Å². The fourth-order valence-corrected chi connectivity index (χ4v) is 3.94. The van der Waals surface area contributed by atoms with Crippen LogP contribution in [0.5, 0.6) is 0 Å². The van der Waals surface area contributed by atoms with Crippen LogP contribution in [0.15, 0.2) is 47.4 Å². The first kappa shape index (κ1) is 21.1. The Balaban J connectivity index is 1.82. The molecule has 0 aliphatic heterocycles. The van der Waals surface area contributed by atoms with Crippen molar-refractivity contribution in [3.63, 3.8) is 0 Å². The van der Waals surface area contributed by atoms with Gasteiger partial charge in [-0.25, -0.2) is 13.1 Å². The van der Waals surface area contributed by atoms with E-state index < -0.39 is 16.1 Å². The molecule has 1 atom stereocenters. The van der Waals surface area contributed by atoms with Crippen molar-refractivity contribution in [1.82, 2.24) is 10.0 Å². The summed E-state index contributed by atoms with van der Waals surface area (Å²) in [5.41, 5.74) is 3.24. The molecule has 3 N–H and O–H groups in total. The lowest BCUT2D eigenvalue weighted by atomic mass is 10.1. The molecule has 2 rings (SSSR count). The number of aliphatic hydroxyl groups excluding tert-OH is 1. The van der Waals surface area contributed by atoms with E-state index in [1.807, 2.05) is 37.3 Å². The van der Waals surface area contributed by atoms with Gasteiger partial charge >= 0.3 is 0 Å². The van der Waals surface area contributed by atoms with Crippen molar-refractivity contribution in [3.05, 3.63) is 64.7 Å². The number of sulfonamides is 1. The Hall–Kier alpha value is -2.22. The van der Waals surface area contributed by atoms with Crippen LogP contribution in [-0.2, 0) is 21.4 Å². The summed E-state index contributed by atoms with van der Waals surface area (Å²) < 4.78 is 27.3. The van der Waals surface area contributed by atoms with Crippen molar-refractivity contribution in [1.29, 1.82) is 0 Å². The number of carbonyl (C=O) groups is 1. The molecule has 0 saturated heterocycles. The molecule has 6 nitrogen and oxygen atoms in total. The summed E-state index contributed by atoms with van der Waals surface area (Å²) in [4.78, 5) is 12.2. The van der Waals surface area contributed by atoms with Gasteiger partial charge in [-0.05, 0) is 49.1 Å². The van der Waals surface area contributed by atoms with E-state index in [9.17, 15) is 18.3 Å². The third kappa shape index (κ3) is 6.16. The number of benzene rings is 2. The second kappa shape index (κ2) is 9.12. The topological polar surface area (TPSA) is 95.5 Å². The molecule has 1 amide bonds. The second-order valence-electron chi connectivity index (χ2n) is 6.61. The molecule has 0 unspecified atom stereocenters. The average molecular weight is 391 g/mol. The minimum Gasteiger partial charge on any atom is -0.389 e. The first-order valence-corrected chi connectivity index (χ1v) is 10.3. The number of amides is 1. The second-order valence-corrected chi connectivity index (χ2v) is 8.35. The number of aryl methyl sites for hydroxylation is 2. The summed E-state index contributed by atoms with van der Waals surface area (Å²) in [5, 5.41) is 12.2. The first-order valence-electron chi connectivity index (χ1n) is 8.79. The van der Waals surface area contributed by atoms with E-state index >= 15 is 0 Å². The van der Waals surface area contributed by atoms with E-state index in [-0.39, 0.29) is 23.8 Å². The largest absolute Gasteiger partial charge is 0.389 e. The highest BCUT2D eigenvalue weighted by molar-refractivity contribution is 7.89. The zero-order chi connectivity index (χ0) is 20.0. The normalized spacial score (nSPS) is 12.6. The van der Waals surface area contributed by atoms with Crippen molar-refractivity contribution in [3.8, 4) is 0 Å². The number of rotatable bonds is 8. The molecule has 0 heterocycles. The maximum Gasteiger partial charge on any atom is 0.240 e. The van der Waals surface area contributed by atoms with Crippen LogP contribution in [0.4, 0.5) is 0 Å². The van der Waals surface area contributed by atoms with Crippen molar-refractivity contribution in [2.24, 2.45) is 0 Å². The van der Waals surface area contributed by atoms with E-state index in [0.717, 1.165) is 16.7 Å². The highest BCUT2D eigenvalue weighted by atomic mass is 32.2. The van der Waals surface area contributed by atoms with Crippen LogP contribution >= 0.6 is 0 Å².